The number of benzene rings is 1. The maximum atomic E-state index is 11.5. The summed E-state index contributed by atoms with van der Waals surface area (Å²) in [6, 6.07) is 5.69. The molecule has 3 N–H and O–H groups in total. The smallest absolute Gasteiger partial charge is 0.226 e. The number of nitrogens with two attached hydrogens (primary N) is 1. The summed E-state index contributed by atoms with van der Waals surface area (Å²) < 4.78 is 0. The van der Waals surface area contributed by atoms with Crippen LogP contribution in [0.5, 0.6) is 0 Å². The largest absolute Gasteiger partial charge is 0.373 e. The molecule has 5 heteroatoms. The lowest BCUT2D eigenvalue weighted by Gasteiger charge is -2.29. The molecule has 0 bridgehead atoms. The van der Waals surface area contributed by atoms with E-state index in [1.165, 1.54) is 0 Å². The van der Waals surface area contributed by atoms with Crippen LogP contribution in [0.1, 0.15) is 18.0 Å². The molecule has 0 radical (unpaired) electrons. The van der Waals surface area contributed by atoms with Crippen LogP contribution in [0, 0.1) is 0 Å². The zero-order chi connectivity index (χ0) is 12.9. The van der Waals surface area contributed by atoms with Crippen LogP contribution in [0.3, 0.4) is 0 Å². The molecule has 1 aliphatic heterocycles. The van der Waals surface area contributed by atoms with E-state index in [0.717, 1.165) is 35.2 Å². The van der Waals surface area contributed by atoms with E-state index in [-0.39, 0.29) is 11.8 Å². The van der Waals surface area contributed by atoms with Crippen molar-refractivity contribution in [1.29, 1.82) is 0 Å². The predicted molar refractivity (Wildman–Crippen MR) is 73.1 cm³/mol. The number of aromatic amines is 1. The van der Waals surface area contributed by atoms with Gasteiger partial charge in [0.15, 0.2) is 0 Å². The normalized spacial score (nSPS) is 19.0. The molecule has 18 heavy (non-hydrogen) atoms. The number of amides is 1. The molecule has 0 saturated carbocycles. The lowest BCUT2D eigenvalue weighted by atomic mass is 9.95. The highest BCUT2D eigenvalue weighted by molar-refractivity contribution is 6.31. The second-order valence-corrected chi connectivity index (χ2v) is 5.18. The number of H-pyrrole nitrogens is 1. The number of anilines is 1. The van der Waals surface area contributed by atoms with Gasteiger partial charge in [-0.15, -0.1) is 0 Å². The van der Waals surface area contributed by atoms with Crippen molar-refractivity contribution in [3.63, 3.8) is 0 Å². The standard InChI is InChI=1S/C13H14ClN3O/c1-17-5-4-8(13(15)18)11-12(17)9-6-7(14)2-3-10(9)16-11/h2-3,6,8,16H,4-5H2,1H3,(H2,15,18). The molecule has 1 aromatic heterocycles. The van der Waals surface area contributed by atoms with Gasteiger partial charge in [0.25, 0.3) is 0 Å². The number of hydrogen-bond donors (Lipinski definition) is 2. The molecule has 1 unspecified atom stereocenters. The molecule has 0 aliphatic carbocycles. The van der Waals surface area contributed by atoms with Gasteiger partial charge >= 0.3 is 0 Å². The van der Waals surface area contributed by atoms with Crippen molar-refractivity contribution < 1.29 is 4.79 Å². The Labute approximate surface area is 110 Å². The summed E-state index contributed by atoms with van der Waals surface area (Å²) in [6.45, 7) is 0.820. The van der Waals surface area contributed by atoms with Crippen molar-refractivity contribution in [2.24, 2.45) is 5.73 Å². The molecular weight excluding hydrogens is 250 g/mol. The minimum atomic E-state index is -0.276. The van der Waals surface area contributed by atoms with Crippen LogP contribution in [0.25, 0.3) is 10.9 Å². The SMILES string of the molecule is CN1CCC(C(N)=O)c2[nH]c3ccc(Cl)cc3c21. The fraction of sp³-hybridized carbons (Fsp3) is 0.308. The van der Waals surface area contributed by atoms with Crippen molar-refractivity contribution >= 4 is 34.1 Å². The molecule has 3 rings (SSSR count). The Morgan fingerprint density at radius 3 is 3.06 bits per heavy atom. The number of halogens is 1. The van der Waals surface area contributed by atoms with Crippen LogP contribution in [-0.2, 0) is 4.79 Å². The molecule has 1 atom stereocenters. The first-order chi connectivity index (χ1) is 8.58. The van der Waals surface area contributed by atoms with Crippen molar-refractivity contribution in [1.82, 2.24) is 4.98 Å². The second kappa shape index (κ2) is 3.92. The molecule has 0 fully saturated rings. The molecule has 0 saturated heterocycles. The van der Waals surface area contributed by atoms with E-state index in [9.17, 15) is 4.79 Å². The number of nitrogens with one attached hydrogen (secondary N) is 1. The monoisotopic (exact) mass is 263 g/mol. The van der Waals surface area contributed by atoms with Crippen molar-refractivity contribution in [3.8, 4) is 0 Å². The number of aromatic nitrogens is 1. The molecule has 1 amide bonds. The number of carbonyl (C=O) groups is 1. The van der Waals surface area contributed by atoms with Crippen LogP contribution >= 0.6 is 11.6 Å². The van der Waals surface area contributed by atoms with Gasteiger partial charge in [-0.05, 0) is 24.6 Å². The fourth-order valence-electron chi connectivity index (χ4n) is 2.70. The highest BCUT2D eigenvalue weighted by Crippen LogP contribution is 2.40. The number of fused-ring (bicyclic) bond motifs is 3. The first-order valence-electron chi connectivity index (χ1n) is 5.89. The van der Waals surface area contributed by atoms with Crippen molar-refractivity contribution in [2.45, 2.75) is 12.3 Å². The van der Waals surface area contributed by atoms with E-state index in [1.54, 1.807) is 0 Å². The summed E-state index contributed by atoms with van der Waals surface area (Å²) in [5, 5.41) is 1.74. The summed E-state index contributed by atoms with van der Waals surface area (Å²) in [7, 11) is 2.02. The summed E-state index contributed by atoms with van der Waals surface area (Å²) in [5.41, 5.74) is 8.42. The Hall–Kier alpha value is -1.68. The third-order valence-electron chi connectivity index (χ3n) is 3.59. The van der Waals surface area contributed by atoms with Crippen LogP contribution < -0.4 is 10.6 Å². The number of hydrogen-bond acceptors (Lipinski definition) is 2. The Balaban J connectivity index is 2.29. The lowest BCUT2D eigenvalue weighted by Crippen LogP contribution is -2.32. The quantitative estimate of drug-likeness (QED) is 0.829. The highest BCUT2D eigenvalue weighted by atomic mass is 35.5. The molecule has 1 aromatic carbocycles. The fourth-order valence-corrected chi connectivity index (χ4v) is 2.87. The Morgan fingerprint density at radius 1 is 1.56 bits per heavy atom. The van der Waals surface area contributed by atoms with Gasteiger partial charge in [-0.3, -0.25) is 4.79 Å². The van der Waals surface area contributed by atoms with E-state index in [1.807, 2.05) is 25.2 Å². The first kappa shape index (κ1) is 11.4. The van der Waals surface area contributed by atoms with Gasteiger partial charge in [0.1, 0.15) is 0 Å². The minimum Gasteiger partial charge on any atom is -0.373 e. The predicted octanol–water partition coefficient (Wildman–Crippen LogP) is 2.23. The minimum absolute atomic E-state index is 0.234. The third kappa shape index (κ3) is 1.56. The van der Waals surface area contributed by atoms with Gasteiger partial charge in [-0.2, -0.15) is 0 Å². The van der Waals surface area contributed by atoms with Gasteiger partial charge < -0.3 is 15.6 Å². The Bertz CT molecular complexity index is 634. The topological polar surface area (TPSA) is 62.1 Å². The van der Waals surface area contributed by atoms with Crippen molar-refractivity contribution in [3.05, 3.63) is 28.9 Å². The van der Waals surface area contributed by atoms with Gasteiger partial charge in [-0.25, -0.2) is 0 Å². The summed E-state index contributed by atoms with van der Waals surface area (Å²) in [4.78, 5) is 17.0. The number of carbonyl (C=O) groups excluding carboxylic acids is 1. The number of primary amides is 1. The Morgan fingerprint density at radius 2 is 2.33 bits per heavy atom. The van der Waals surface area contributed by atoms with Crippen LogP contribution in [-0.4, -0.2) is 24.5 Å². The van der Waals surface area contributed by atoms with E-state index >= 15 is 0 Å². The Kier molecular flexibility index (Phi) is 2.48. The average molecular weight is 264 g/mol. The molecule has 0 spiro atoms. The molecule has 94 valence electrons. The summed E-state index contributed by atoms with van der Waals surface area (Å²) >= 11 is 6.04. The molecule has 2 aromatic rings. The van der Waals surface area contributed by atoms with Crippen molar-refractivity contribution in [2.75, 3.05) is 18.5 Å². The first-order valence-corrected chi connectivity index (χ1v) is 6.27. The molecule has 4 nitrogen and oxygen atoms in total. The van der Waals surface area contributed by atoms with Crippen LogP contribution in [0.15, 0.2) is 18.2 Å². The van der Waals surface area contributed by atoms with Gasteiger partial charge in [0.2, 0.25) is 5.91 Å². The van der Waals surface area contributed by atoms with E-state index in [2.05, 4.69) is 9.88 Å². The van der Waals surface area contributed by atoms with E-state index in [0.29, 0.717) is 5.02 Å². The zero-order valence-corrected chi connectivity index (χ0v) is 10.8. The van der Waals surface area contributed by atoms with Crippen LogP contribution in [0.4, 0.5) is 5.69 Å². The lowest BCUT2D eigenvalue weighted by molar-refractivity contribution is -0.119. The maximum Gasteiger partial charge on any atom is 0.226 e. The number of rotatable bonds is 1. The highest BCUT2D eigenvalue weighted by Gasteiger charge is 2.30. The zero-order valence-electron chi connectivity index (χ0n) is 10.0. The maximum absolute atomic E-state index is 11.5. The summed E-state index contributed by atoms with van der Waals surface area (Å²) in [5.74, 6) is -0.510. The second-order valence-electron chi connectivity index (χ2n) is 4.74. The molecule has 1 aliphatic rings. The van der Waals surface area contributed by atoms with E-state index < -0.39 is 0 Å². The molecule has 2 heterocycles. The number of nitrogens with zero attached hydrogens (tertiary/aromatic N) is 1. The molecular formula is C13H14ClN3O. The van der Waals surface area contributed by atoms with Gasteiger partial charge in [-0.1, -0.05) is 11.6 Å². The van der Waals surface area contributed by atoms with Gasteiger partial charge in [0, 0.05) is 29.5 Å². The van der Waals surface area contributed by atoms with Gasteiger partial charge in [0.05, 0.1) is 17.3 Å². The van der Waals surface area contributed by atoms with E-state index in [4.69, 9.17) is 17.3 Å². The van der Waals surface area contributed by atoms with Crippen LogP contribution in [0.2, 0.25) is 5.02 Å². The third-order valence-corrected chi connectivity index (χ3v) is 3.82. The summed E-state index contributed by atoms with van der Waals surface area (Å²) in [6.07, 6.45) is 0.749. The average Bonchev–Trinajstić information content (AvgIpc) is 2.68.